The normalized spacial score (nSPS) is 18.9. The van der Waals surface area contributed by atoms with Crippen LogP contribution in [0.4, 0.5) is 0 Å². The predicted molar refractivity (Wildman–Crippen MR) is 105 cm³/mol. The maximum absolute atomic E-state index is 12.3. The second kappa shape index (κ2) is 8.86. The van der Waals surface area contributed by atoms with Gasteiger partial charge in [0, 0.05) is 31.1 Å². The van der Waals surface area contributed by atoms with Gasteiger partial charge in [-0.2, -0.15) is 0 Å². The summed E-state index contributed by atoms with van der Waals surface area (Å²) in [7, 11) is 0. The number of thiophene rings is 1. The third-order valence-corrected chi connectivity index (χ3v) is 5.49. The molecule has 1 amide bonds. The van der Waals surface area contributed by atoms with Crippen LogP contribution in [0, 0.1) is 0 Å². The summed E-state index contributed by atoms with van der Waals surface area (Å²) in [5.41, 5.74) is 7.35. The summed E-state index contributed by atoms with van der Waals surface area (Å²) in [6.45, 7) is 3.61. The first-order valence-corrected chi connectivity index (χ1v) is 9.00. The summed E-state index contributed by atoms with van der Waals surface area (Å²) in [6, 6.07) is 2.12. The molecule has 7 heteroatoms. The number of hydrogen-bond acceptors (Lipinski definition) is 3. The Morgan fingerprint density at radius 2 is 1.91 bits per heavy atom. The van der Waals surface area contributed by atoms with E-state index in [1.165, 1.54) is 23.3 Å². The molecule has 1 fully saturated rings. The van der Waals surface area contributed by atoms with Gasteiger partial charge < -0.3 is 15.5 Å². The predicted octanol–water partition coefficient (Wildman–Crippen LogP) is 2.44. The number of carbonyl (C=O) groups is 1. The molecule has 128 valence electrons. The van der Waals surface area contributed by atoms with Crippen molar-refractivity contribution in [2.24, 2.45) is 10.7 Å². The van der Waals surface area contributed by atoms with Crippen LogP contribution in [0.25, 0.3) is 0 Å². The molecule has 2 aliphatic rings. The van der Waals surface area contributed by atoms with Crippen LogP contribution in [-0.4, -0.2) is 47.8 Å². The molecule has 0 atom stereocenters. The number of rotatable bonds is 2. The average Bonchev–Trinajstić information content (AvgIpc) is 2.83. The molecule has 5 nitrogen and oxygen atoms in total. The maximum atomic E-state index is 12.3. The van der Waals surface area contributed by atoms with E-state index >= 15 is 0 Å². The molecule has 0 spiro atoms. The molecule has 1 aromatic heterocycles. The quantitative estimate of drug-likeness (QED) is 0.430. The average molecular weight is 448 g/mol. The summed E-state index contributed by atoms with van der Waals surface area (Å²) in [4.78, 5) is 22.1. The highest BCUT2D eigenvalue weighted by Gasteiger charge is 2.21. The first-order chi connectivity index (χ1) is 10.7. The lowest BCUT2D eigenvalue weighted by Gasteiger charge is -2.27. The van der Waals surface area contributed by atoms with Crippen molar-refractivity contribution in [2.75, 3.05) is 26.2 Å². The molecule has 0 saturated carbocycles. The molecule has 1 saturated heterocycles. The van der Waals surface area contributed by atoms with Crippen LogP contribution in [-0.2, 0) is 17.8 Å². The van der Waals surface area contributed by atoms with Crippen molar-refractivity contribution < 1.29 is 4.79 Å². The van der Waals surface area contributed by atoms with Crippen molar-refractivity contribution >= 4 is 47.2 Å². The Kier molecular flexibility index (Phi) is 7.13. The monoisotopic (exact) mass is 448 g/mol. The number of halogens is 1. The number of likely N-dealkylation sites (tertiary alicyclic amines) is 1. The minimum atomic E-state index is 0. The first kappa shape index (κ1) is 18.5. The van der Waals surface area contributed by atoms with Crippen LogP contribution < -0.4 is 5.73 Å². The van der Waals surface area contributed by atoms with Crippen LogP contribution in [0.2, 0.25) is 0 Å². The number of amides is 1. The summed E-state index contributed by atoms with van der Waals surface area (Å²) >= 11 is 1.79. The molecular formula is C16H25IN4OS. The molecule has 1 aromatic rings. The Labute approximate surface area is 158 Å². The van der Waals surface area contributed by atoms with Crippen LogP contribution in [0.15, 0.2) is 16.4 Å². The van der Waals surface area contributed by atoms with Crippen molar-refractivity contribution in [3.63, 3.8) is 0 Å². The highest BCUT2D eigenvalue weighted by molar-refractivity contribution is 14.0. The third kappa shape index (κ3) is 4.82. The second-order valence-corrected chi connectivity index (χ2v) is 7.01. The van der Waals surface area contributed by atoms with E-state index in [4.69, 9.17) is 5.73 Å². The van der Waals surface area contributed by atoms with Gasteiger partial charge in [-0.15, -0.1) is 35.3 Å². The minimum Gasteiger partial charge on any atom is -0.370 e. The summed E-state index contributed by atoms with van der Waals surface area (Å²) in [5, 5.41) is 2.11. The Balaban J connectivity index is 0.00000192. The Bertz CT molecular complexity index is 552. The number of carbonyl (C=O) groups excluding carboxylic acids is 1. The molecule has 23 heavy (non-hydrogen) atoms. The van der Waals surface area contributed by atoms with E-state index in [-0.39, 0.29) is 36.4 Å². The van der Waals surface area contributed by atoms with Crippen molar-refractivity contribution in [3.05, 3.63) is 21.9 Å². The number of aliphatic imine (C=N–C) groups is 1. The van der Waals surface area contributed by atoms with Crippen LogP contribution in [0.1, 0.15) is 36.1 Å². The Morgan fingerprint density at radius 3 is 2.65 bits per heavy atom. The molecule has 0 aliphatic carbocycles. The SMILES string of the molecule is I.NC(=NCC(=O)N1CCc2sccc2C1)N1CCCCCC1. The van der Waals surface area contributed by atoms with Gasteiger partial charge in [-0.25, -0.2) is 4.99 Å². The van der Waals surface area contributed by atoms with E-state index in [0.29, 0.717) is 5.96 Å². The summed E-state index contributed by atoms with van der Waals surface area (Å²) in [5.74, 6) is 0.609. The maximum Gasteiger partial charge on any atom is 0.244 e. The van der Waals surface area contributed by atoms with Crippen molar-refractivity contribution in [1.82, 2.24) is 9.80 Å². The topological polar surface area (TPSA) is 61.9 Å². The summed E-state index contributed by atoms with van der Waals surface area (Å²) in [6.07, 6.45) is 5.82. The van der Waals surface area contributed by atoms with Gasteiger partial charge in [-0.1, -0.05) is 12.8 Å². The van der Waals surface area contributed by atoms with Gasteiger partial charge in [0.25, 0.3) is 0 Å². The smallest absolute Gasteiger partial charge is 0.244 e. The second-order valence-electron chi connectivity index (χ2n) is 6.01. The fourth-order valence-corrected chi connectivity index (χ4v) is 4.00. The molecule has 2 aliphatic heterocycles. The Hall–Kier alpha value is -0.830. The van der Waals surface area contributed by atoms with Gasteiger partial charge in [0.2, 0.25) is 5.91 Å². The molecule has 2 N–H and O–H groups in total. The van der Waals surface area contributed by atoms with E-state index < -0.39 is 0 Å². The third-order valence-electron chi connectivity index (χ3n) is 4.47. The fourth-order valence-electron chi connectivity index (χ4n) is 3.11. The molecule has 0 unspecified atom stereocenters. The van der Waals surface area contributed by atoms with Gasteiger partial charge >= 0.3 is 0 Å². The van der Waals surface area contributed by atoms with Gasteiger partial charge in [0.15, 0.2) is 5.96 Å². The highest BCUT2D eigenvalue weighted by atomic mass is 127. The van der Waals surface area contributed by atoms with Gasteiger partial charge in [-0.3, -0.25) is 4.79 Å². The number of nitrogens with two attached hydrogens (primary N) is 1. The first-order valence-electron chi connectivity index (χ1n) is 8.12. The molecular weight excluding hydrogens is 423 g/mol. The van der Waals surface area contributed by atoms with Crippen LogP contribution in [0.5, 0.6) is 0 Å². The largest absolute Gasteiger partial charge is 0.370 e. The Morgan fingerprint density at radius 1 is 1.17 bits per heavy atom. The van der Waals surface area contributed by atoms with Gasteiger partial charge in [-0.05, 0) is 36.3 Å². The lowest BCUT2D eigenvalue weighted by molar-refractivity contribution is -0.130. The van der Waals surface area contributed by atoms with E-state index in [1.807, 2.05) is 4.90 Å². The van der Waals surface area contributed by atoms with E-state index in [1.54, 1.807) is 11.3 Å². The zero-order chi connectivity index (χ0) is 15.4. The zero-order valence-electron chi connectivity index (χ0n) is 13.4. The molecule has 0 aromatic carbocycles. The zero-order valence-corrected chi connectivity index (χ0v) is 16.5. The highest BCUT2D eigenvalue weighted by Crippen LogP contribution is 2.23. The van der Waals surface area contributed by atoms with Crippen LogP contribution in [0.3, 0.4) is 0 Å². The molecule has 3 heterocycles. The number of hydrogen-bond donors (Lipinski definition) is 1. The van der Waals surface area contributed by atoms with E-state index in [9.17, 15) is 4.79 Å². The van der Waals surface area contributed by atoms with Gasteiger partial charge in [0.05, 0.1) is 0 Å². The lowest BCUT2D eigenvalue weighted by atomic mass is 10.1. The fraction of sp³-hybridized carbons (Fsp3) is 0.625. The van der Waals surface area contributed by atoms with E-state index in [0.717, 1.165) is 45.4 Å². The summed E-state index contributed by atoms with van der Waals surface area (Å²) < 4.78 is 0. The minimum absolute atomic E-state index is 0. The standard InChI is InChI=1S/C16H24N4OS.HI/c17-16(19-7-3-1-2-4-8-19)18-11-15(21)20-9-5-14-13(12-20)6-10-22-14;/h6,10H,1-5,7-9,11-12H2,(H2,17,18);1H. The van der Waals surface area contributed by atoms with Crippen molar-refractivity contribution in [1.29, 1.82) is 0 Å². The van der Waals surface area contributed by atoms with Crippen molar-refractivity contribution in [3.8, 4) is 0 Å². The van der Waals surface area contributed by atoms with Crippen molar-refractivity contribution in [2.45, 2.75) is 38.6 Å². The van der Waals surface area contributed by atoms with Gasteiger partial charge in [0.1, 0.15) is 6.54 Å². The van der Waals surface area contributed by atoms with E-state index in [2.05, 4.69) is 21.3 Å². The lowest BCUT2D eigenvalue weighted by Crippen LogP contribution is -2.40. The van der Waals surface area contributed by atoms with Crippen LogP contribution >= 0.6 is 35.3 Å². The molecule has 0 bridgehead atoms. The number of fused-ring (bicyclic) bond motifs is 1. The molecule has 3 rings (SSSR count). The number of nitrogens with zero attached hydrogens (tertiary/aromatic N) is 3. The molecule has 0 radical (unpaired) electrons. The number of guanidine groups is 1.